The molecule has 6 heteroatoms. The van der Waals surface area contributed by atoms with Gasteiger partial charge in [0.1, 0.15) is 5.75 Å². The molecule has 1 aromatic heterocycles. The van der Waals surface area contributed by atoms with Gasteiger partial charge in [-0.3, -0.25) is 4.79 Å². The number of rotatable bonds is 4. The maximum Gasteiger partial charge on any atom is 0.233 e. The lowest BCUT2D eigenvalue weighted by Crippen LogP contribution is -2.40. The van der Waals surface area contributed by atoms with Crippen molar-refractivity contribution in [1.82, 2.24) is 14.9 Å². The minimum Gasteiger partial charge on any atom is -0.497 e. The van der Waals surface area contributed by atoms with Gasteiger partial charge < -0.3 is 14.6 Å². The molecule has 1 saturated heterocycles. The number of hydrogen-bond acceptors (Lipinski definition) is 4. The van der Waals surface area contributed by atoms with E-state index in [1.54, 1.807) is 7.11 Å². The molecule has 1 N–H and O–H groups in total. The van der Waals surface area contributed by atoms with Crippen LogP contribution < -0.4 is 4.74 Å². The van der Waals surface area contributed by atoms with Crippen molar-refractivity contribution in [2.45, 2.75) is 24.9 Å². The van der Waals surface area contributed by atoms with Crippen LogP contribution >= 0.6 is 11.8 Å². The van der Waals surface area contributed by atoms with Crippen molar-refractivity contribution in [2.75, 3.05) is 26.0 Å². The van der Waals surface area contributed by atoms with Gasteiger partial charge >= 0.3 is 0 Å². The van der Waals surface area contributed by atoms with E-state index in [4.69, 9.17) is 4.74 Å². The molecule has 2 heterocycles. The number of carbonyl (C=O) groups excluding carboxylic acids is 1. The summed E-state index contributed by atoms with van der Waals surface area (Å²) in [5.74, 6) is 2.05. The Morgan fingerprint density at radius 1 is 1.55 bits per heavy atom. The first-order chi connectivity index (χ1) is 10.7. The van der Waals surface area contributed by atoms with E-state index >= 15 is 0 Å². The monoisotopic (exact) mass is 319 g/mol. The number of amides is 1. The molecule has 0 spiro atoms. The average molecular weight is 319 g/mol. The van der Waals surface area contributed by atoms with Crippen LogP contribution in [0, 0.1) is 5.92 Å². The highest BCUT2D eigenvalue weighted by Gasteiger charge is 2.21. The second-order valence-corrected chi connectivity index (χ2v) is 6.76. The molecule has 1 aliphatic heterocycles. The van der Waals surface area contributed by atoms with Crippen molar-refractivity contribution in [1.29, 1.82) is 0 Å². The van der Waals surface area contributed by atoms with Gasteiger partial charge in [-0.2, -0.15) is 0 Å². The number of piperidine rings is 1. The first-order valence-electron chi connectivity index (χ1n) is 7.60. The molecule has 1 aromatic carbocycles. The smallest absolute Gasteiger partial charge is 0.233 e. The third-order valence-electron chi connectivity index (χ3n) is 4.01. The number of methoxy groups -OCH3 is 1. The van der Waals surface area contributed by atoms with Gasteiger partial charge in [0.25, 0.3) is 0 Å². The standard InChI is InChI=1S/C16H21N3O2S/c1-11-4-3-7-19(9-11)15(20)10-22-16-17-13-6-5-12(21-2)8-14(13)18-16/h5-6,8,11H,3-4,7,9-10H2,1-2H3,(H,17,18)/t11-/m1/s1. The summed E-state index contributed by atoms with van der Waals surface area (Å²) in [6, 6.07) is 5.72. The number of fused-ring (bicyclic) bond motifs is 1. The Labute approximate surface area is 134 Å². The third-order valence-corrected chi connectivity index (χ3v) is 4.87. The number of nitrogens with zero attached hydrogens (tertiary/aromatic N) is 2. The molecule has 0 radical (unpaired) electrons. The number of likely N-dealkylation sites (tertiary alicyclic amines) is 1. The molecule has 3 rings (SSSR count). The summed E-state index contributed by atoms with van der Waals surface area (Å²) in [7, 11) is 1.64. The molecule has 22 heavy (non-hydrogen) atoms. The van der Waals surface area contributed by atoms with Crippen LogP contribution in [0.2, 0.25) is 0 Å². The number of imidazole rings is 1. The van der Waals surface area contributed by atoms with Crippen molar-refractivity contribution < 1.29 is 9.53 Å². The van der Waals surface area contributed by atoms with E-state index in [0.717, 1.165) is 41.4 Å². The Hall–Kier alpha value is -1.69. The minimum atomic E-state index is 0.203. The van der Waals surface area contributed by atoms with Crippen LogP contribution in [0.25, 0.3) is 11.0 Å². The molecular weight excluding hydrogens is 298 g/mol. The fourth-order valence-corrected chi connectivity index (χ4v) is 3.59. The van der Waals surface area contributed by atoms with Gasteiger partial charge in [-0.05, 0) is 30.9 Å². The summed E-state index contributed by atoms with van der Waals surface area (Å²) in [5.41, 5.74) is 1.82. The van der Waals surface area contributed by atoms with E-state index in [2.05, 4.69) is 16.9 Å². The predicted octanol–water partition coefficient (Wildman–Crippen LogP) is 2.92. The average Bonchev–Trinajstić information content (AvgIpc) is 2.94. The Kier molecular flexibility index (Phi) is 4.57. The lowest BCUT2D eigenvalue weighted by molar-refractivity contribution is -0.130. The highest BCUT2D eigenvalue weighted by Crippen LogP contribution is 2.24. The molecule has 2 aromatic rings. The molecule has 0 bridgehead atoms. The van der Waals surface area contributed by atoms with E-state index in [0.29, 0.717) is 11.7 Å². The fraction of sp³-hybridized carbons (Fsp3) is 0.500. The van der Waals surface area contributed by atoms with Crippen LogP contribution in [0.15, 0.2) is 23.4 Å². The van der Waals surface area contributed by atoms with Crippen LogP contribution in [-0.4, -0.2) is 46.7 Å². The zero-order chi connectivity index (χ0) is 15.5. The van der Waals surface area contributed by atoms with Crippen molar-refractivity contribution in [3.05, 3.63) is 18.2 Å². The van der Waals surface area contributed by atoms with Crippen molar-refractivity contribution >= 4 is 28.7 Å². The Bertz CT molecular complexity index is 670. The molecule has 118 valence electrons. The lowest BCUT2D eigenvalue weighted by Gasteiger charge is -2.30. The van der Waals surface area contributed by atoms with Crippen LogP contribution in [0.1, 0.15) is 19.8 Å². The van der Waals surface area contributed by atoms with Gasteiger partial charge in [0.05, 0.1) is 23.9 Å². The molecular formula is C16H21N3O2S. The summed E-state index contributed by atoms with van der Waals surface area (Å²) >= 11 is 1.46. The molecule has 1 fully saturated rings. The third kappa shape index (κ3) is 3.38. The number of benzene rings is 1. The Morgan fingerprint density at radius 3 is 3.18 bits per heavy atom. The molecule has 0 unspecified atom stereocenters. The number of carbonyl (C=O) groups is 1. The highest BCUT2D eigenvalue weighted by atomic mass is 32.2. The van der Waals surface area contributed by atoms with Gasteiger partial charge in [0.15, 0.2) is 5.16 Å². The number of nitrogens with one attached hydrogen (secondary N) is 1. The van der Waals surface area contributed by atoms with Crippen molar-refractivity contribution in [3.8, 4) is 5.75 Å². The molecule has 0 saturated carbocycles. The van der Waals surface area contributed by atoms with E-state index in [-0.39, 0.29) is 5.91 Å². The number of aromatic amines is 1. The number of thioether (sulfide) groups is 1. The van der Waals surface area contributed by atoms with Crippen molar-refractivity contribution in [2.24, 2.45) is 5.92 Å². The zero-order valence-corrected chi connectivity index (χ0v) is 13.8. The van der Waals surface area contributed by atoms with E-state index in [1.165, 1.54) is 18.2 Å². The number of ether oxygens (including phenoxy) is 1. The Morgan fingerprint density at radius 2 is 2.41 bits per heavy atom. The normalized spacial score (nSPS) is 18.6. The van der Waals surface area contributed by atoms with E-state index in [9.17, 15) is 4.79 Å². The summed E-state index contributed by atoms with van der Waals surface area (Å²) < 4.78 is 5.20. The second-order valence-electron chi connectivity index (χ2n) is 5.80. The highest BCUT2D eigenvalue weighted by molar-refractivity contribution is 7.99. The first-order valence-corrected chi connectivity index (χ1v) is 8.58. The largest absolute Gasteiger partial charge is 0.497 e. The lowest BCUT2D eigenvalue weighted by atomic mass is 10.0. The van der Waals surface area contributed by atoms with Gasteiger partial charge in [-0.1, -0.05) is 18.7 Å². The van der Waals surface area contributed by atoms with E-state index < -0.39 is 0 Å². The van der Waals surface area contributed by atoms with E-state index in [1.807, 2.05) is 23.1 Å². The predicted molar refractivity (Wildman–Crippen MR) is 88.3 cm³/mol. The van der Waals surface area contributed by atoms with Gasteiger partial charge in [0, 0.05) is 19.2 Å². The molecule has 1 amide bonds. The number of aromatic nitrogens is 2. The fourth-order valence-electron chi connectivity index (χ4n) is 2.80. The minimum absolute atomic E-state index is 0.203. The summed E-state index contributed by atoms with van der Waals surface area (Å²) in [6.45, 7) is 3.98. The van der Waals surface area contributed by atoms with Gasteiger partial charge in [0.2, 0.25) is 5.91 Å². The zero-order valence-electron chi connectivity index (χ0n) is 13.0. The first kappa shape index (κ1) is 15.2. The summed E-state index contributed by atoms with van der Waals surface area (Å²) in [5, 5.41) is 0.779. The molecule has 1 aliphatic rings. The summed E-state index contributed by atoms with van der Waals surface area (Å²) in [4.78, 5) is 22.0. The van der Waals surface area contributed by atoms with Crippen LogP contribution in [0.3, 0.4) is 0 Å². The maximum absolute atomic E-state index is 12.3. The van der Waals surface area contributed by atoms with Gasteiger partial charge in [-0.15, -0.1) is 0 Å². The number of hydrogen-bond donors (Lipinski definition) is 1. The number of H-pyrrole nitrogens is 1. The molecule has 0 aliphatic carbocycles. The van der Waals surface area contributed by atoms with Crippen molar-refractivity contribution in [3.63, 3.8) is 0 Å². The molecule has 5 nitrogen and oxygen atoms in total. The second kappa shape index (κ2) is 6.60. The van der Waals surface area contributed by atoms with Crippen LogP contribution in [0.4, 0.5) is 0 Å². The SMILES string of the molecule is COc1ccc2nc(SCC(=O)N3CCC[C@@H](C)C3)[nH]c2c1. The van der Waals surface area contributed by atoms with Crippen LogP contribution in [0.5, 0.6) is 5.75 Å². The molecule has 1 atom stereocenters. The topological polar surface area (TPSA) is 58.2 Å². The quantitative estimate of drug-likeness (QED) is 0.880. The summed E-state index contributed by atoms with van der Waals surface area (Å²) in [6.07, 6.45) is 2.34. The van der Waals surface area contributed by atoms with Gasteiger partial charge in [-0.25, -0.2) is 4.98 Å². The Balaban J connectivity index is 1.62. The maximum atomic E-state index is 12.3. The van der Waals surface area contributed by atoms with Crippen LogP contribution in [-0.2, 0) is 4.79 Å².